The monoisotopic (exact) mass is 169 g/mol. The van der Waals surface area contributed by atoms with Crippen molar-refractivity contribution in [3.05, 3.63) is 29.5 Å². The molecular formula is C6H8BNO4. The van der Waals surface area contributed by atoms with E-state index in [4.69, 9.17) is 15.3 Å². The number of hydrogen-bond donors (Lipinski definition) is 4. The zero-order valence-corrected chi connectivity index (χ0v) is 6.14. The van der Waals surface area contributed by atoms with Gasteiger partial charge in [0.1, 0.15) is 0 Å². The number of nitrogens with one attached hydrogen (secondary N) is 1. The van der Waals surface area contributed by atoms with Gasteiger partial charge < -0.3 is 15.3 Å². The molecule has 0 fully saturated rings. The summed E-state index contributed by atoms with van der Waals surface area (Å²) in [4.78, 5) is 0. The summed E-state index contributed by atoms with van der Waals surface area (Å²) in [6.07, 6.45) is 0. The van der Waals surface area contributed by atoms with Gasteiger partial charge in [-0.3, -0.25) is 0 Å². The molecule has 0 amide bonds. The molecule has 1 rings (SSSR count). The van der Waals surface area contributed by atoms with E-state index >= 15 is 0 Å². The number of hydrogen-bond acceptors (Lipinski definition) is 4. The molecule has 0 bridgehead atoms. The van der Waals surface area contributed by atoms with Crippen LogP contribution in [0.3, 0.4) is 0 Å². The summed E-state index contributed by atoms with van der Waals surface area (Å²) in [5, 5.41) is 35.2. The smallest absolute Gasteiger partial charge is 0.488 e. The lowest BCUT2D eigenvalue weighted by Crippen LogP contribution is -2.99. The number of benzene rings is 1. The van der Waals surface area contributed by atoms with Crippen LogP contribution in [0.2, 0.25) is 0 Å². The molecular weight excluding hydrogens is 161 g/mol. The van der Waals surface area contributed by atoms with E-state index in [2.05, 4.69) is 0 Å². The zero-order chi connectivity index (χ0) is 9.14. The Hall–Kier alpha value is -0.915. The average molecular weight is 169 g/mol. The van der Waals surface area contributed by atoms with Crippen LogP contribution in [0.5, 0.6) is 0 Å². The van der Waals surface area contributed by atoms with Crippen LogP contribution in [-0.2, 0) is 0 Å². The van der Waals surface area contributed by atoms with Gasteiger partial charge in [-0.1, -0.05) is 12.1 Å². The second-order valence-corrected chi connectivity index (χ2v) is 2.30. The maximum atomic E-state index is 10.4. The van der Waals surface area contributed by atoms with Crippen LogP contribution >= 0.6 is 0 Å². The van der Waals surface area contributed by atoms with Gasteiger partial charge in [-0.05, 0) is 5.46 Å². The molecule has 0 aliphatic heterocycles. The molecule has 12 heavy (non-hydrogen) atoms. The Labute approximate surface area is 69.2 Å². The number of rotatable bonds is 2. The van der Waals surface area contributed by atoms with Crippen LogP contribution in [0, 0.1) is 5.21 Å². The summed E-state index contributed by atoms with van der Waals surface area (Å²) in [6.45, 7) is 0. The second kappa shape index (κ2) is 3.66. The molecule has 0 spiro atoms. The molecule has 0 saturated carbocycles. The summed E-state index contributed by atoms with van der Waals surface area (Å²) in [7, 11) is -1.62. The van der Waals surface area contributed by atoms with Crippen molar-refractivity contribution in [1.29, 1.82) is 0 Å². The van der Waals surface area contributed by atoms with Gasteiger partial charge in [0.05, 0.1) is 0 Å². The lowest BCUT2D eigenvalue weighted by Gasteiger charge is -2.11. The first kappa shape index (κ1) is 9.18. The van der Waals surface area contributed by atoms with Crippen molar-refractivity contribution in [3.8, 4) is 0 Å². The predicted octanol–water partition coefficient (Wildman–Crippen LogP) is -2.23. The molecule has 0 heterocycles. The zero-order valence-electron chi connectivity index (χ0n) is 6.14. The third-order valence-electron chi connectivity index (χ3n) is 1.43. The normalized spacial score (nSPS) is 12.7. The lowest BCUT2D eigenvalue weighted by atomic mass is 9.80. The third-order valence-corrected chi connectivity index (χ3v) is 1.43. The molecule has 64 valence electrons. The van der Waals surface area contributed by atoms with Gasteiger partial charge in [0.2, 0.25) is 0 Å². The van der Waals surface area contributed by atoms with Crippen LogP contribution in [-0.4, -0.2) is 22.4 Å². The second-order valence-electron chi connectivity index (χ2n) is 2.30. The van der Waals surface area contributed by atoms with Crippen molar-refractivity contribution < 1.29 is 20.5 Å². The molecule has 1 aromatic rings. The first-order chi connectivity index (χ1) is 5.61. The molecule has 0 aliphatic carbocycles. The van der Waals surface area contributed by atoms with E-state index < -0.39 is 12.3 Å². The maximum absolute atomic E-state index is 10.4. The van der Waals surface area contributed by atoms with Gasteiger partial charge in [0.25, 0.3) is 0 Å². The summed E-state index contributed by atoms with van der Waals surface area (Å²) >= 11 is 0. The van der Waals surface area contributed by atoms with E-state index in [0.717, 1.165) is 0 Å². The standard InChI is InChI=1S/C6H8BNO4/c9-7(10)5-2-1-3-6(4-5)8(11)12/h1-4,8-11H. The van der Waals surface area contributed by atoms with Crippen molar-refractivity contribution in [2.24, 2.45) is 0 Å². The molecule has 1 atom stereocenters. The minimum atomic E-state index is -1.62. The fourth-order valence-electron chi connectivity index (χ4n) is 0.832. The lowest BCUT2D eigenvalue weighted by molar-refractivity contribution is -0.991. The van der Waals surface area contributed by atoms with Gasteiger partial charge in [-0.15, -0.1) is 0 Å². The molecule has 0 aromatic heterocycles. The fourth-order valence-corrected chi connectivity index (χ4v) is 0.832. The summed E-state index contributed by atoms with van der Waals surface area (Å²) in [5.74, 6) is 0. The van der Waals surface area contributed by atoms with E-state index in [9.17, 15) is 5.21 Å². The maximum Gasteiger partial charge on any atom is 0.488 e. The molecule has 4 N–H and O–H groups in total. The summed E-state index contributed by atoms with van der Waals surface area (Å²) < 4.78 is 0. The molecule has 0 saturated heterocycles. The van der Waals surface area contributed by atoms with Gasteiger partial charge >= 0.3 is 7.12 Å². The first-order valence-electron chi connectivity index (χ1n) is 3.30. The van der Waals surface area contributed by atoms with Gasteiger partial charge in [0.15, 0.2) is 5.69 Å². The van der Waals surface area contributed by atoms with Gasteiger partial charge in [0, 0.05) is 12.1 Å². The van der Waals surface area contributed by atoms with E-state index in [0.29, 0.717) is 0 Å². The van der Waals surface area contributed by atoms with Crippen molar-refractivity contribution in [2.45, 2.75) is 0 Å². The van der Waals surface area contributed by atoms with Crippen LogP contribution in [0.25, 0.3) is 0 Å². The fraction of sp³-hybridized carbons (Fsp3) is 0. The largest absolute Gasteiger partial charge is 0.595 e. The SMILES string of the molecule is [O-][NH+](O)c1cccc(B(O)O)c1. The summed E-state index contributed by atoms with van der Waals surface area (Å²) in [6, 6.07) is 5.50. The predicted molar refractivity (Wildman–Crippen MR) is 42.0 cm³/mol. The van der Waals surface area contributed by atoms with E-state index in [1.165, 1.54) is 24.3 Å². The Morgan fingerprint density at radius 3 is 2.50 bits per heavy atom. The van der Waals surface area contributed by atoms with Gasteiger partial charge in [-0.2, -0.15) is 5.23 Å². The highest BCUT2D eigenvalue weighted by atomic mass is 16.8. The highest BCUT2D eigenvalue weighted by Gasteiger charge is 2.12. The Balaban J connectivity index is 2.96. The Morgan fingerprint density at radius 1 is 1.33 bits per heavy atom. The van der Waals surface area contributed by atoms with Crippen LogP contribution in [0.15, 0.2) is 24.3 Å². The molecule has 1 aromatic carbocycles. The first-order valence-corrected chi connectivity index (χ1v) is 3.30. The van der Waals surface area contributed by atoms with Crippen LogP contribution in [0.4, 0.5) is 5.69 Å². The van der Waals surface area contributed by atoms with Crippen molar-refractivity contribution >= 4 is 18.3 Å². The van der Waals surface area contributed by atoms with Gasteiger partial charge in [-0.25, -0.2) is 5.21 Å². The molecule has 6 heteroatoms. The van der Waals surface area contributed by atoms with Crippen molar-refractivity contribution in [1.82, 2.24) is 0 Å². The van der Waals surface area contributed by atoms with Crippen LogP contribution in [0.1, 0.15) is 0 Å². The van der Waals surface area contributed by atoms with Crippen molar-refractivity contribution in [2.75, 3.05) is 0 Å². The molecule has 1 unspecified atom stereocenters. The Bertz CT molecular complexity index is 242. The van der Waals surface area contributed by atoms with Crippen LogP contribution < -0.4 is 10.7 Å². The Kier molecular flexibility index (Phi) is 2.80. The molecule has 5 nitrogen and oxygen atoms in total. The van der Waals surface area contributed by atoms with Crippen molar-refractivity contribution in [3.63, 3.8) is 0 Å². The Morgan fingerprint density at radius 2 is 2.00 bits per heavy atom. The average Bonchev–Trinajstić information content (AvgIpc) is 2.04. The highest BCUT2D eigenvalue weighted by Crippen LogP contribution is 1.96. The highest BCUT2D eigenvalue weighted by molar-refractivity contribution is 6.58. The van der Waals surface area contributed by atoms with E-state index in [-0.39, 0.29) is 11.2 Å². The molecule has 0 aliphatic rings. The summed E-state index contributed by atoms with van der Waals surface area (Å²) in [5.41, 5.74) is 0.218. The topological polar surface area (TPSA) is 88.2 Å². The molecule has 0 radical (unpaired) electrons. The minimum absolute atomic E-state index is 0.0422. The quantitative estimate of drug-likeness (QED) is 0.298. The minimum Gasteiger partial charge on any atom is -0.595 e. The number of quaternary nitrogens is 1. The van der Waals surface area contributed by atoms with E-state index in [1.807, 2.05) is 0 Å². The third kappa shape index (κ3) is 2.03. The van der Waals surface area contributed by atoms with E-state index in [1.54, 1.807) is 0 Å².